The zero-order valence-electron chi connectivity index (χ0n) is 19.0. The van der Waals surface area contributed by atoms with Gasteiger partial charge in [0.15, 0.2) is 10.9 Å². The monoisotopic (exact) mass is 530 g/mol. The van der Waals surface area contributed by atoms with E-state index in [2.05, 4.69) is 20.0 Å². The molecule has 0 fully saturated rings. The molecule has 0 atom stereocenters. The molecule has 0 saturated heterocycles. The van der Waals surface area contributed by atoms with Gasteiger partial charge in [-0.1, -0.05) is 30.3 Å². The highest BCUT2D eigenvalue weighted by atomic mass is 32.2. The molecule has 3 aromatic carbocycles. The maximum atomic E-state index is 13.0. The minimum absolute atomic E-state index is 0.00775. The molecule has 11 heteroatoms. The topological polar surface area (TPSA) is 127 Å². The molecular formula is C26H18N4O5S2. The third-order valence-electron chi connectivity index (χ3n) is 5.27. The van der Waals surface area contributed by atoms with Gasteiger partial charge in [0.2, 0.25) is 0 Å². The molecular weight excluding hydrogens is 512 g/mol. The Morgan fingerprint density at radius 2 is 1.57 bits per heavy atom. The molecule has 2 aromatic heterocycles. The largest absolute Gasteiger partial charge is 0.421 e. The number of amides is 1. The van der Waals surface area contributed by atoms with E-state index in [4.69, 9.17) is 4.74 Å². The summed E-state index contributed by atoms with van der Waals surface area (Å²) in [5.74, 6) is -0.986. The molecule has 0 aliphatic carbocycles. The van der Waals surface area contributed by atoms with Crippen LogP contribution in [0.2, 0.25) is 0 Å². The van der Waals surface area contributed by atoms with Gasteiger partial charge < -0.3 is 10.1 Å². The molecule has 1 amide bonds. The number of aromatic nitrogens is 2. The molecule has 37 heavy (non-hydrogen) atoms. The van der Waals surface area contributed by atoms with Crippen LogP contribution in [0.15, 0.2) is 102 Å². The number of anilines is 2. The molecule has 0 saturated carbocycles. The van der Waals surface area contributed by atoms with E-state index >= 15 is 0 Å². The highest BCUT2D eigenvalue weighted by Gasteiger charge is 2.20. The summed E-state index contributed by atoms with van der Waals surface area (Å²) < 4.78 is 33.0. The third kappa shape index (κ3) is 5.32. The Balaban J connectivity index is 1.33. The van der Waals surface area contributed by atoms with Gasteiger partial charge >= 0.3 is 5.97 Å². The number of para-hydroxylation sites is 1. The van der Waals surface area contributed by atoms with Crippen LogP contribution < -0.4 is 14.8 Å². The number of fused-ring (bicyclic) bond motifs is 1. The molecule has 2 heterocycles. The van der Waals surface area contributed by atoms with Gasteiger partial charge in [0.05, 0.1) is 16.0 Å². The predicted octanol–water partition coefficient (Wildman–Crippen LogP) is 4.96. The van der Waals surface area contributed by atoms with Crippen molar-refractivity contribution in [1.29, 1.82) is 0 Å². The molecule has 0 spiro atoms. The molecule has 0 radical (unpaired) electrons. The quantitative estimate of drug-likeness (QED) is 0.225. The van der Waals surface area contributed by atoms with Gasteiger partial charge in [-0.25, -0.2) is 18.2 Å². The second kappa shape index (κ2) is 10.2. The Hall–Kier alpha value is -4.61. The molecule has 0 unspecified atom stereocenters. The normalized spacial score (nSPS) is 11.1. The zero-order chi connectivity index (χ0) is 25.8. The lowest BCUT2D eigenvalue weighted by Gasteiger charge is -2.11. The number of benzene rings is 3. The van der Waals surface area contributed by atoms with Crippen molar-refractivity contribution < 1.29 is 22.7 Å². The first-order chi connectivity index (χ1) is 17.9. The first kappa shape index (κ1) is 24.1. The SMILES string of the molecule is O=C(Nc1ccc(S(=O)(=O)Nc2nccs2)cc1)c1ccccc1C(=O)Oc1cccc2cccnc12. The van der Waals surface area contributed by atoms with Crippen LogP contribution in [0.4, 0.5) is 10.8 Å². The van der Waals surface area contributed by atoms with Crippen molar-refractivity contribution in [2.45, 2.75) is 4.90 Å². The average molecular weight is 531 g/mol. The molecule has 9 nitrogen and oxygen atoms in total. The lowest BCUT2D eigenvalue weighted by atomic mass is 10.1. The van der Waals surface area contributed by atoms with Crippen molar-refractivity contribution in [1.82, 2.24) is 9.97 Å². The van der Waals surface area contributed by atoms with Crippen molar-refractivity contribution >= 4 is 55.0 Å². The summed E-state index contributed by atoms with van der Waals surface area (Å²) >= 11 is 1.16. The van der Waals surface area contributed by atoms with E-state index in [1.807, 2.05) is 12.1 Å². The Morgan fingerprint density at radius 1 is 0.811 bits per heavy atom. The van der Waals surface area contributed by atoms with Crippen LogP contribution in [0.3, 0.4) is 0 Å². The fraction of sp³-hybridized carbons (Fsp3) is 0. The first-order valence-corrected chi connectivity index (χ1v) is 13.3. The van der Waals surface area contributed by atoms with Crippen molar-refractivity contribution in [2.24, 2.45) is 0 Å². The van der Waals surface area contributed by atoms with Crippen molar-refractivity contribution in [3.8, 4) is 5.75 Å². The third-order valence-corrected chi connectivity index (χ3v) is 7.44. The fourth-order valence-corrected chi connectivity index (χ4v) is 5.32. The van der Waals surface area contributed by atoms with Gasteiger partial charge in [-0.15, -0.1) is 11.3 Å². The summed E-state index contributed by atoms with van der Waals surface area (Å²) in [7, 11) is -3.83. The minimum atomic E-state index is -3.83. The number of hydrogen-bond donors (Lipinski definition) is 2. The number of nitrogens with zero attached hydrogens (tertiary/aromatic N) is 2. The molecule has 2 N–H and O–H groups in total. The number of thiazole rings is 1. The molecule has 0 bridgehead atoms. The fourth-order valence-electron chi connectivity index (χ4n) is 3.54. The van der Waals surface area contributed by atoms with E-state index in [0.29, 0.717) is 11.2 Å². The first-order valence-electron chi connectivity index (χ1n) is 10.9. The van der Waals surface area contributed by atoms with E-state index in [-0.39, 0.29) is 26.9 Å². The molecule has 184 valence electrons. The van der Waals surface area contributed by atoms with Gasteiger partial charge in [0.1, 0.15) is 5.52 Å². The van der Waals surface area contributed by atoms with Crippen LogP contribution in [0.25, 0.3) is 10.9 Å². The van der Waals surface area contributed by atoms with Gasteiger partial charge in [-0.3, -0.25) is 14.5 Å². The predicted molar refractivity (Wildman–Crippen MR) is 140 cm³/mol. The van der Waals surface area contributed by atoms with Crippen LogP contribution in [0.5, 0.6) is 5.75 Å². The Morgan fingerprint density at radius 3 is 2.32 bits per heavy atom. The smallest absolute Gasteiger partial charge is 0.344 e. The highest BCUT2D eigenvalue weighted by molar-refractivity contribution is 7.93. The van der Waals surface area contributed by atoms with E-state index in [0.717, 1.165) is 16.7 Å². The zero-order valence-corrected chi connectivity index (χ0v) is 20.6. The van der Waals surface area contributed by atoms with Crippen molar-refractivity contribution in [2.75, 3.05) is 10.0 Å². The summed E-state index contributed by atoms with van der Waals surface area (Å²) in [6.45, 7) is 0. The van der Waals surface area contributed by atoms with Gasteiger partial charge in [-0.2, -0.15) is 0 Å². The number of ether oxygens (including phenoxy) is 1. The second-order valence-corrected chi connectivity index (χ2v) is 10.3. The van der Waals surface area contributed by atoms with E-state index in [9.17, 15) is 18.0 Å². The van der Waals surface area contributed by atoms with Crippen molar-refractivity contribution in [3.63, 3.8) is 0 Å². The van der Waals surface area contributed by atoms with Crippen LogP contribution >= 0.6 is 11.3 Å². The second-order valence-electron chi connectivity index (χ2n) is 7.69. The lowest BCUT2D eigenvalue weighted by molar-refractivity contribution is 0.0732. The molecule has 5 rings (SSSR count). The lowest BCUT2D eigenvalue weighted by Crippen LogP contribution is -2.19. The van der Waals surface area contributed by atoms with Crippen LogP contribution in [0.1, 0.15) is 20.7 Å². The number of esters is 1. The summed E-state index contributed by atoms with van der Waals surface area (Å²) in [4.78, 5) is 34.2. The standard InChI is InChI=1S/C26H18N4O5S2/c31-24(29-18-10-12-19(13-11-18)37(33,34)30-26-28-15-16-36-26)20-7-1-2-8-21(20)25(32)35-22-9-3-5-17-6-4-14-27-23(17)22/h1-16H,(H,28,30)(H,29,31). The van der Waals surface area contributed by atoms with Crippen LogP contribution in [-0.4, -0.2) is 30.3 Å². The molecule has 0 aliphatic heterocycles. The Kier molecular flexibility index (Phi) is 6.62. The number of pyridine rings is 1. The van der Waals surface area contributed by atoms with Crippen LogP contribution in [0, 0.1) is 0 Å². The summed E-state index contributed by atoms with van der Waals surface area (Å²) in [6, 6.07) is 20.8. The van der Waals surface area contributed by atoms with E-state index in [1.54, 1.807) is 41.9 Å². The number of nitrogens with one attached hydrogen (secondary N) is 2. The summed E-state index contributed by atoms with van der Waals surface area (Å²) in [6.07, 6.45) is 3.10. The molecule has 5 aromatic rings. The average Bonchev–Trinajstić information content (AvgIpc) is 3.41. The number of sulfonamides is 1. The van der Waals surface area contributed by atoms with E-state index < -0.39 is 21.9 Å². The van der Waals surface area contributed by atoms with Gasteiger partial charge in [0.25, 0.3) is 15.9 Å². The number of rotatable bonds is 7. The number of hydrogen-bond acceptors (Lipinski definition) is 8. The molecule has 0 aliphatic rings. The maximum absolute atomic E-state index is 13.0. The maximum Gasteiger partial charge on any atom is 0.344 e. The Labute approximate surface area is 215 Å². The highest BCUT2D eigenvalue weighted by Crippen LogP contribution is 2.25. The van der Waals surface area contributed by atoms with Gasteiger partial charge in [-0.05, 0) is 48.5 Å². The number of carbonyl (C=O) groups is 2. The Bertz CT molecular complexity index is 1700. The van der Waals surface area contributed by atoms with Gasteiger partial charge in [0, 0.05) is 28.8 Å². The summed E-state index contributed by atoms with van der Waals surface area (Å²) in [5, 5.41) is 5.40. The van der Waals surface area contributed by atoms with E-state index in [1.165, 1.54) is 42.6 Å². The minimum Gasteiger partial charge on any atom is -0.421 e. The van der Waals surface area contributed by atoms with Crippen molar-refractivity contribution in [3.05, 3.63) is 108 Å². The van der Waals surface area contributed by atoms with Crippen LogP contribution in [-0.2, 0) is 10.0 Å². The number of carbonyl (C=O) groups excluding carboxylic acids is 2. The summed E-state index contributed by atoms with van der Waals surface area (Å²) in [5.41, 5.74) is 1.04.